The van der Waals surface area contributed by atoms with Gasteiger partial charge >= 0.3 is 0 Å². The molecule has 1 rings (SSSR count). The third-order valence-electron chi connectivity index (χ3n) is 3.02. The Balaban J connectivity index is 2.77. The number of benzene rings is 1. The van der Waals surface area contributed by atoms with Gasteiger partial charge in [-0.1, -0.05) is 19.9 Å². The van der Waals surface area contributed by atoms with Gasteiger partial charge < -0.3 is 16.0 Å². The highest BCUT2D eigenvalue weighted by Crippen LogP contribution is 2.22. The summed E-state index contributed by atoms with van der Waals surface area (Å²) in [6, 6.07) is 5.42. The van der Waals surface area contributed by atoms with Gasteiger partial charge in [0.15, 0.2) is 0 Å². The summed E-state index contributed by atoms with van der Waals surface area (Å²) in [6.07, 6.45) is 0.693. The van der Waals surface area contributed by atoms with Crippen LogP contribution in [0.15, 0.2) is 18.2 Å². The molecule has 106 valence electrons. The van der Waals surface area contributed by atoms with E-state index in [-0.39, 0.29) is 5.91 Å². The number of nitrogens with two attached hydrogens (primary N) is 1. The first-order valence-electron chi connectivity index (χ1n) is 6.65. The van der Waals surface area contributed by atoms with Crippen molar-refractivity contribution >= 4 is 17.3 Å². The van der Waals surface area contributed by atoms with Crippen LogP contribution in [-0.4, -0.2) is 26.0 Å². The van der Waals surface area contributed by atoms with Crippen molar-refractivity contribution in [3.63, 3.8) is 0 Å². The number of nitrogens with one attached hydrogen (secondary N) is 1. The summed E-state index contributed by atoms with van der Waals surface area (Å²) in [4.78, 5) is 14.0. The predicted molar refractivity (Wildman–Crippen MR) is 81.6 cm³/mol. The van der Waals surface area contributed by atoms with E-state index in [1.165, 1.54) is 5.56 Å². The third-order valence-corrected chi connectivity index (χ3v) is 3.02. The molecule has 0 heterocycles. The van der Waals surface area contributed by atoms with Crippen LogP contribution in [0.3, 0.4) is 0 Å². The lowest BCUT2D eigenvalue weighted by Gasteiger charge is -2.18. The van der Waals surface area contributed by atoms with Gasteiger partial charge in [0.1, 0.15) is 0 Å². The molecule has 1 aromatic rings. The number of amides is 1. The van der Waals surface area contributed by atoms with E-state index in [2.05, 4.69) is 19.2 Å². The zero-order chi connectivity index (χ0) is 14.6. The van der Waals surface area contributed by atoms with Gasteiger partial charge in [-0.15, -0.1) is 0 Å². The highest BCUT2D eigenvalue weighted by atomic mass is 16.2. The highest BCUT2D eigenvalue weighted by Gasteiger charge is 2.15. The minimum Gasteiger partial charge on any atom is -0.377 e. The molecule has 1 atom stereocenters. The Morgan fingerprint density at radius 2 is 2.00 bits per heavy atom. The second kappa shape index (κ2) is 6.57. The van der Waals surface area contributed by atoms with Crippen LogP contribution in [0.25, 0.3) is 0 Å². The van der Waals surface area contributed by atoms with Crippen molar-refractivity contribution in [3.05, 3.63) is 23.8 Å². The molecule has 0 aliphatic carbocycles. The molecule has 0 saturated heterocycles. The Bertz CT molecular complexity index is 441. The molecule has 4 heteroatoms. The van der Waals surface area contributed by atoms with Gasteiger partial charge in [0.05, 0.1) is 6.04 Å². The quantitative estimate of drug-likeness (QED) is 0.857. The Hall–Kier alpha value is -1.55. The Labute approximate surface area is 116 Å². The second-order valence-corrected chi connectivity index (χ2v) is 5.62. The summed E-state index contributed by atoms with van der Waals surface area (Å²) in [5.41, 5.74) is 8.93. The van der Waals surface area contributed by atoms with E-state index in [1.807, 2.05) is 44.1 Å². The summed E-state index contributed by atoms with van der Waals surface area (Å²) in [5.74, 6) is 0.290. The van der Waals surface area contributed by atoms with Gasteiger partial charge in [-0.2, -0.15) is 0 Å². The molecule has 19 heavy (non-hydrogen) atoms. The lowest BCUT2D eigenvalue weighted by Crippen LogP contribution is -2.36. The van der Waals surface area contributed by atoms with Crippen molar-refractivity contribution < 1.29 is 4.79 Å². The largest absolute Gasteiger partial charge is 0.377 e. The van der Waals surface area contributed by atoms with Crippen molar-refractivity contribution in [1.82, 2.24) is 0 Å². The first kappa shape index (κ1) is 15.5. The van der Waals surface area contributed by atoms with E-state index in [0.717, 1.165) is 11.4 Å². The van der Waals surface area contributed by atoms with Crippen LogP contribution in [-0.2, 0) is 4.79 Å². The zero-order valence-electron chi connectivity index (χ0n) is 12.5. The summed E-state index contributed by atoms with van der Waals surface area (Å²) >= 11 is 0. The monoisotopic (exact) mass is 263 g/mol. The summed E-state index contributed by atoms with van der Waals surface area (Å²) in [6.45, 7) is 6.16. The number of aryl methyl sites for hydroxylation is 1. The first-order chi connectivity index (χ1) is 8.81. The third kappa shape index (κ3) is 4.56. The maximum absolute atomic E-state index is 12.0. The average molecular weight is 263 g/mol. The van der Waals surface area contributed by atoms with Gasteiger partial charge in [0.2, 0.25) is 5.91 Å². The van der Waals surface area contributed by atoms with Crippen LogP contribution in [0, 0.1) is 12.8 Å². The van der Waals surface area contributed by atoms with E-state index in [1.54, 1.807) is 0 Å². The van der Waals surface area contributed by atoms with E-state index in [4.69, 9.17) is 5.73 Å². The van der Waals surface area contributed by atoms with Crippen LogP contribution in [0.2, 0.25) is 0 Å². The van der Waals surface area contributed by atoms with Crippen LogP contribution in [0.4, 0.5) is 11.4 Å². The van der Waals surface area contributed by atoms with Crippen molar-refractivity contribution in [2.75, 3.05) is 24.3 Å². The second-order valence-electron chi connectivity index (χ2n) is 5.62. The topological polar surface area (TPSA) is 58.4 Å². The van der Waals surface area contributed by atoms with Crippen molar-refractivity contribution in [3.8, 4) is 0 Å². The molecule has 0 saturated carbocycles. The standard InChI is InChI=1S/C15H25N3O/c1-10(2)8-13(16)15(19)17-12-7-6-11(3)14(9-12)18(4)5/h6-7,9-10,13H,8,16H2,1-5H3,(H,17,19)/t13-/m1/s1. The van der Waals surface area contributed by atoms with Gasteiger partial charge in [-0.05, 0) is 37.0 Å². The molecule has 1 aromatic carbocycles. The molecular weight excluding hydrogens is 238 g/mol. The molecule has 0 fully saturated rings. The molecule has 4 nitrogen and oxygen atoms in total. The summed E-state index contributed by atoms with van der Waals surface area (Å²) in [7, 11) is 3.97. The van der Waals surface area contributed by atoms with Gasteiger partial charge in [0, 0.05) is 25.5 Å². The number of carbonyl (C=O) groups excluding carboxylic acids is 1. The number of hydrogen-bond donors (Lipinski definition) is 2. The minimum atomic E-state index is -0.455. The summed E-state index contributed by atoms with van der Waals surface area (Å²) < 4.78 is 0. The Morgan fingerprint density at radius 3 is 2.53 bits per heavy atom. The van der Waals surface area contributed by atoms with E-state index in [9.17, 15) is 4.79 Å². The molecule has 3 N–H and O–H groups in total. The van der Waals surface area contributed by atoms with Crippen LogP contribution >= 0.6 is 0 Å². The number of hydrogen-bond acceptors (Lipinski definition) is 3. The molecular formula is C15H25N3O. The first-order valence-corrected chi connectivity index (χ1v) is 6.65. The van der Waals surface area contributed by atoms with Crippen LogP contribution in [0.5, 0.6) is 0 Å². The number of nitrogens with zero attached hydrogens (tertiary/aromatic N) is 1. The lowest BCUT2D eigenvalue weighted by atomic mass is 10.0. The van der Waals surface area contributed by atoms with Gasteiger partial charge in [0.25, 0.3) is 0 Å². The molecule has 0 aliphatic rings. The van der Waals surface area contributed by atoms with E-state index >= 15 is 0 Å². The fourth-order valence-corrected chi connectivity index (χ4v) is 2.02. The Morgan fingerprint density at radius 1 is 1.37 bits per heavy atom. The normalized spacial score (nSPS) is 12.4. The fourth-order valence-electron chi connectivity index (χ4n) is 2.02. The van der Waals surface area contributed by atoms with Crippen LogP contribution in [0.1, 0.15) is 25.8 Å². The molecule has 1 amide bonds. The van der Waals surface area contributed by atoms with Crippen molar-refractivity contribution in [2.45, 2.75) is 33.2 Å². The maximum atomic E-state index is 12.0. The molecule has 0 bridgehead atoms. The minimum absolute atomic E-state index is 0.123. The summed E-state index contributed by atoms with van der Waals surface area (Å²) in [5, 5.41) is 2.88. The highest BCUT2D eigenvalue weighted by molar-refractivity contribution is 5.95. The number of anilines is 2. The maximum Gasteiger partial charge on any atom is 0.241 e. The van der Waals surface area contributed by atoms with Crippen molar-refractivity contribution in [2.24, 2.45) is 11.7 Å². The van der Waals surface area contributed by atoms with Crippen LogP contribution < -0.4 is 16.0 Å². The predicted octanol–water partition coefficient (Wildman–Crippen LogP) is 2.37. The molecule has 0 aliphatic heterocycles. The molecule has 0 aromatic heterocycles. The van der Waals surface area contributed by atoms with E-state index < -0.39 is 6.04 Å². The zero-order valence-corrected chi connectivity index (χ0v) is 12.5. The average Bonchev–Trinajstić information content (AvgIpc) is 2.30. The van der Waals surface area contributed by atoms with Gasteiger partial charge in [-0.25, -0.2) is 0 Å². The fraction of sp³-hybridized carbons (Fsp3) is 0.533. The lowest BCUT2D eigenvalue weighted by molar-refractivity contribution is -0.117. The van der Waals surface area contributed by atoms with Crippen molar-refractivity contribution in [1.29, 1.82) is 0 Å². The SMILES string of the molecule is Cc1ccc(NC(=O)[C@H](N)CC(C)C)cc1N(C)C. The molecule has 0 radical (unpaired) electrons. The molecule has 0 unspecified atom stereocenters. The number of carbonyl (C=O) groups is 1. The molecule has 0 spiro atoms. The van der Waals surface area contributed by atoms with Gasteiger partial charge in [-0.3, -0.25) is 4.79 Å². The smallest absolute Gasteiger partial charge is 0.241 e. The Kier molecular flexibility index (Phi) is 5.36. The number of rotatable bonds is 5. The van der Waals surface area contributed by atoms with E-state index in [0.29, 0.717) is 12.3 Å².